The van der Waals surface area contributed by atoms with Crippen LogP contribution in [0.4, 0.5) is 17.2 Å². The fraction of sp³-hybridized carbons (Fsp3) is 0.250. The summed E-state index contributed by atoms with van der Waals surface area (Å²) in [6, 6.07) is 1.97. The van der Waals surface area contributed by atoms with Crippen LogP contribution in [0, 0.1) is 6.92 Å². The minimum atomic E-state index is -0.0382. The number of thiazole rings is 1. The van der Waals surface area contributed by atoms with E-state index in [-0.39, 0.29) is 5.91 Å². The molecule has 0 bridgehead atoms. The Balaban J connectivity index is 2.30. The maximum Gasteiger partial charge on any atom is 0.272 e. The third-order valence-corrected chi connectivity index (χ3v) is 3.89. The first-order chi connectivity index (χ1) is 8.59. The van der Waals surface area contributed by atoms with Crippen molar-refractivity contribution in [3.63, 3.8) is 0 Å². The summed E-state index contributed by atoms with van der Waals surface area (Å²) >= 11 is 1.36. The van der Waals surface area contributed by atoms with Crippen LogP contribution in [0.2, 0.25) is 0 Å². The van der Waals surface area contributed by atoms with E-state index in [1.54, 1.807) is 23.7 Å². The summed E-state index contributed by atoms with van der Waals surface area (Å²) in [5, 5.41) is 0. The lowest BCUT2D eigenvalue weighted by atomic mass is 10.2. The molecular weight excluding hydrogens is 248 g/mol. The number of nitrogens with zero attached hydrogens (tertiary/aromatic N) is 4. The number of hydrogen-bond acceptors (Lipinski definition) is 5. The second-order valence-electron chi connectivity index (χ2n) is 4.24. The molecule has 0 N–H and O–H groups in total. The summed E-state index contributed by atoms with van der Waals surface area (Å²) in [6.07, 6.45) is 1.73. The van der Waals surface area contributed by atoms with Crippen LogP contribution < -0.4 is 9.80 Å². The molecule has 0 atom stereocenters. The van der Waals surface area contributed by atoms with E-state index in [4.69, 9.17) is 0 Å². The Hall–Kier alpha value is -1.95. The lowest BCUT2D eigenvalue weighted by Gasteiger charge is -2.20. The second-order valence-corrected chi connectivity index (χ2v) is 5.10. The Morgan fingerprint density at radius 2 is 1.94 bits per heavy atom. The van der Waals surface area contributed by atoms with Gasteiger partial charge in [-0.3, -0.25) is 9.78 Å². The molecule has 6 heteroatoms. The van der Waals surface area contributed by atoms with Crippen LogP contribution in [0.3, 0.4) is 0 Å². The molecule has 1 amide bonds. The van der Waals surface area contributed by atoms with Gasteiger partial charge in [-0.2, -0.15) is 0 Å². The number of hydrogen-bond donors (Lipinski definition) is 0. The highest BCUT2D eigenvalue weighted by atomic mass is 32.1. The molecule has 0 fully saturated rings. The summed E-state index contributed by atoms with van der Waals surface area (Å²) in [7, 11) is 3.68. The van der Waals surface area contributed by atoms with Gasteiger partial charge in [-0.1, -0.05) is 0 Å². The smallest absolute Gasteiger partial charge is 0.272 e. The molecule has 92 valence electrons. The van der Waals surface area contributed by atoms with E-state index in [0.717, 1.165) is 17.1 Å². The number of carbonyl (C=O) groups excluding carboxylic acids is 1. The molecular formula is C12H12N4OS. The number of carbonyl (C=O) groups is 1. The summed E-state index contributed by atoms with van der Waals surface area (Å²) in [5.74, 6) is 0.671. The summed E-state index contributed by atoms with van der Waals surface area (Å²) < 4.78 is 0. The molecule has 0 aromatic carbocycles. The molecule has 1 aliphatic rings. The molecule has 2 aromatic rings. The van der Waals surface area contributed by atoms with Gasteiger partial charge in [0.2, 0.25) is 0 Å². The van der Waals surface area contributed by atoms with Crippen molar-refractivity contribution in [3.05, 3.63) is 28.3 Å². The first kappa shape index (κ1) is 11.2. The molecule has 0 saturated heterocycles. The average Bonchev–Trinajstić information content (AvgIpc) is 2.82. The first-order valence-corrected chi connectivity index (χ1v) is 6.39. The quantitative estimate of drug-likeness (QED) is 0.728. The molecule has 3 heterocycles. The number of aromatic nitrogens is 2. The number of rotatable bonds is 0. The van der Waals surface area contributed by atoms with E-state index in [1.165, 1.54) is 11.3 Å². The fourth-order valence-electron chi connectivity index (χ4n) is 2.07. The van der Waals surface area contributed by atoms with Gasteiger partial charge in [0, 0.05) is 19.8 Å². The predicted octanol–water partition coefficient (Wildman–Crippen LogP) is 2.20. The topological polar surface area (TPSA) is 49.3 Å². The molecule has 1 aliphatic heterocycles. The van der Waals surface area contributed by atoms with Crippen molar-refractivity contribution in [2.45, 2.75) is 6.92 Å². The van der Waals surface area contributed by atoms with E-state index < -0.39 is 0 Å². The van der Waals surface area contributed by atoms with Gasteiger partial charge in [0.25, 0.3) is 5.91 Å². The molecule has 2 aromatic heterocycles. The standard InChI is InChI=1S/C12H12N4OS/c1-7-4-8-9(5-13-7)16(3)12(17)10-11(15(8)2)14-6-18-10/h4-6H,1-3H3. The van der Waals surface area contributed by atoms with Gasteiger partial charge in [0.15, 0.2) is 5.82 Å². The van der Waals surface area contributed by atoms with Gasteiger partial charge < -0.3 is 9.80 Å². The summed E-state index contributed by atoms with van der Waals surface area (Å²) in [6.45, 7) is 1.93. The Bertz CT molecular complexity index is 637. The fourth-order valence-corrected chi connectivity index (χ4v) is 2.86. The highest BCUT2D eigenvalue weighted by Crippen LogP contribution is 2.39. The highest BCUT2D eigenvalue weighted by molar-refractivity contribution is 7.12. The third-order valence-electron chi connectivity index (χ3n) is 3.09. The van der Waals surface area contributed by atoms with Gasteiger partial charge >= 0.3 is 0 Å². The zero-order valence-electron chi connectivity index (χ0n) is 10.3. The van der Waals surface area contributed by atoms with Crippen molar-refractivity contribution in [3.8, 4) is 0 Å². The summed E-state index contributed by atoms with van der Waals surface area (Å²) in [4.78, 5) is 25.1. The van der Waals surface area contributed by atoms with Crippen LogP contribution in [0.15, 0.2) is 17.8 Å². The molecule has 0 saturated carbocycles. The van der Waals surface area contributed by atoms with Crippen LogP contribution in [0.1, 0.15) is 15.4 Å². The highest BCUT2D eigenvalue weighted by Gasteiger charge is 2.29. The lowest BCUT2D eigenvalue weighted by Crippen LogP contribution is -2.24. The molecule has 5 nitrogen and oxygen atoms in total. The number of anilines is 3. The number of pyridine rings is 1. The molecule has 0 radical (unpaired) electrons. The van der Waals surface area contributed by atoms with Crippen molar-refractivity contribution >= 4 is 34.4 Å². The Kier molecular flexibility index (Phi) is 2.34. The van der Waals surface area contributed by atoms with Crippen molar-refractivity contribution in [2.75, 3.05) is 23.9 Å². The Morgan fingerprint density at radius 3 is 2.72 bits per heavy atom. The third kappa shape index (κ3) is 1.42. The largest absolute Gasteiger partial charge is 0.326 e. The van der Waals surface area contributed by atoms with E-state index in [0.29, 0.717) is 10.7 Å². The lowest BCUT2D eigenvalue weighted by molar-refractivity contribution is 0.0998. The minimum absolute atomic E-state index is 0.0382. The maximum atomic E-state index is 12.3. The summed E-state index contributed by atoms with van der Waals surface area (Å²) in [5.41, 5.74) is 4.37. The van der Waals surface area contributed by atoms with Gasteiger partial charge in [-0.25, -0.2) is 4.98 Å². The van der Waals surface area contributed by atoms with Crippen LogP contribution in [0.5, 0.6) is 0 Å². The van der Waals surface area contributed by atoms with Crippen LogP contribution >= 0.6 is 11.3 Å². The first-order valence-electron chi connectivity index (χ1n) is 5.51. The normalized spacial score (nSPS) is 14.3. The molecule has 0 unspecified atom stereocenters. The van der Waals surface area contributed by atoms with E-state index in [1.807, 2.05) is 24.9 Å². The molecule has 0 spiro atoms. The predicted molar refractivity (Wildman–Crippen MR) is 71.9 cm³/mol. The SMILES string of the molecule is Cc1cc2c(cn1)N(C)C(=O)c1scnc1N2C. The number of aryl methyl sites for hydroxylation is 1. The van der Waals surface area contributed by atoms with Crippen molar-refractivity contribution < 1.29 is 4.79 Å². The van der Waals surface area contributed by atoms with Gasteiger partial charge in [-0.05, 0) is 13.0 Å². The monoisotopic (exact) mass is 260 g/mol. The van der Waals surface area contributed by atoms with E-state index >= 15 is 0 Å². The second kappa shape index (κ2) is 3.78. The van der Waals surface area contributed by atoms with Crippen LogP contribution in [-0.4, -0.2) is 30.0 Å². The van der Waals surface area contributed by atoms with Gasteiger partial charge in [-0.15, -0.1) is 11.3 Å². The van der Waals surface area contributed by atoms with Gasteiger partial charge in [0.1, 0.15) is 4.88 Å². The van der Waals surface area contributed by atoms with Crippen molar-refractivity contribution in [2.24, 2.45) is 0 Å². The van der Waals surface area contributed by atoms with Crippen LogP contribution in [-0.2, 0) is 0 Å². The van der Waals surface area contributed by atoms with Crippen LogP contribution in [0.25, 0.3) is 0 Å². The average molecular weight is 260 g/mol. The maximum absolute atomic E-state index is 12.3. The Labute approximate surface area is 109 Å². The molecule has 18 heavy (non-hydrogen) atoms. The number of fused-ring (bicyclic) bond motifs is 2. The Morgan fingerprint density at radius 1 is 1.17 bits per heavy atom. The molecule has 3 rings (SSSR count). The molecule has 0 aliphatic carbocycles. The number of amides is 1. The minimum Gasteiger partial charge on any atom is -0.326 e. The van der Waals surface area contributed by atoms with Crippen molar-refractivity contribution in [1.29, 1.82) is 0 Å². The van der Waals surface area contributed by atoms with Gasteiger partial charge in [0.05, 0.1) is 23.1 Å². The zero-order valence-corrected chi connectivity index (χ0v) is 11.2. The van der Waals surface area contributed by atoms with E-state index in [2.05, 4.69) is 9.97 Å². The van der Waals surface area contributed by atoms with E-state index in [9.17, 15) is 4.79 Å². The van der Waals surface area contributed by atoms with Crippen molar-refractivity contribution in [1.82, 2.24) is 9.97 Å². The zero-order chi connectivity index (χ0) is 12.9.